The van der Waals surface area contributed by atoms with Crippen molar-refractivity contribution in [3.63, 3.8) is 0 Å². The predicted octanol–water partition coefficient (Wildman–Crippen LogP) is 3.45. The van der Waals surface area contributed by atoms with Crippen LogP contribution in [0.15, 0.2) is 59.8 Å². The van der Waals surface area contributed by atoms with Gasteiger partial charge in [0.05, 0.1) is 23.4 Å². The molecule has 8 nitrogen and oxygen atoms in total. The number of nitrogens with zero attached hydrogens (tertiary/aromatic N) is 4. The molecule has 31 heavy (non-hydrogen) atoms. The van der Waals surface area contributed by atoms with Gasteiger partial charge in [0.25, 0.3) is 5.56 Å². The smallest absolute Gasteiger partial charge is 0.251 e. The molecule has 3 N–H and O–H groups in total. The average Bonchev–Trinajstić information content (AvgIpc) is 3.17. The molecule has 0 radical (unpaired) electrons. The zero-order valence-electron chi connectivity index (χ0n) is 16.4. The zero-order valence-corrected chi connectivity index (χ0v) is 17.1. The highest BCUT2D eigenvalue weighted by molar-refractivity contribution is 6.30. The molecule has 0 unspecified atom stereocenters. The molecule has 158 valence electrons. The second-order valence-electron chi connectivity index (χ2n) is 6.84. The number of H-pyrrole nitrogens is 1. The van der Waals surface area contributed by atoms with Crippen LogP contribution in [0.4, 0.5) is 16.3 Å². The third kappa shape index (κ3) is 4.47. The molecule has 0 spiro atoms. The summed E-state index contributed by atoms with van der Waals surface area (Å²) in [6, 6.07) is 8.20. The maximum absolute atomic E-state index is 13.8. The molecule has 0 bridgehead atoms. The Morgan fingerprint density at radius 1 is 1.26 bits per heavy atom. The number of aliphatic hydroxyl groups excluding tert-OH is 1. The number of rotatable bonds is 6. The van der Waals surface area contributed by atoms with Crippen LogP contribution in [0.3, 0.4) is 0 Å². The first-order valence-electron chi connectivity index (χ1n) is 9.34. The number of imidazole rings is 1. The van der Waals surface area contributed by atoms with Crippen LogP contribution in [-0.2, 0) is 0 Å². The van der Waals surface area contributed by atoms with Crippen molar-refractivity contribution < 1.29 is 9.50 Å². The summed E-state index contributed by atoms with van der Waals surface area (Å²) >= 11 is 5.73. The number of aromatic amines is 1. The summed E-state index contributed by atoms with van der Waals surface area (Å²) in [4.78, 5) is 28.5. The van der Waals surface area contributed by atoms with Gasteiger partial charge < -0.3 is 14.7 Å². The number of aryl methyl sites for hydroxylation is 1. The van der Waals surface area contributed by atoms with E-state index in [1.165, 1.54) is 29.0 Å². The molecule has 0 aliphatic rings. The summed E-state index contributed by atoms with van der Waals surface area (Å²) in [5.74, 6) is 0.210. The van der Waals surface area contributed by atoms with E-state index in [0.29, 0.717) is 28.7 Å². The number of halogens is 2. The third-order valence-electron chi connectivity index (χ3n) is 4.67. The Morgan fingerprint density at radius 3 is 2.77 bits per heavy atom. The monoisotopic (exact) mass is 440 g/mol. The Bertz CT molecular complexity index is 1290. The highest BCUT2D eigenvalue weighted by atomic mass is 35.5. The summed E-state index contributed by atoms with van der Waals surface area (Å²) in [5.41, 5.74) is 2.05. The van der Waals surface area contributed by atoms with Gasteiger partial charge in [-0.2, -0.15) is 0 Å². The van der Waals surface area contributed by atoms with E-state index in [-0.39, 0.29) is 17.2 Å². The Labute approximate surface area is 181 Å². The van der Waals surface area contributed by atoms with Gasteiger partial charge in [0.1, 0.15) is 5.82 Å². The van der Waals surface area contributed by atoms with Crippen molar-refractivity contribution in [3.05, 3.63) is 87.4 Å². The van der Waals surface area contributed by atoms with Crippen LogP contribution in [0.5, 0.6) is 0 Å². The molecular formula is C21H18ClFN6O2. The van der Waals surface area contributed by atoms with Crippen LogP contribution >= 0.6 is 11.6 Å². The third-order valence-corrected chi connectivity index (χ3v) is 4.98. The highest BCUT2D eigenvalue weighted by Gasteiger charge is 2.16. The van der Waals surface area contributed by atoms with Crippen LogP contribution in [0, 0.1) is 12.7 Å². The average molecular weight is 441 g/mol. The van der Waals surface area contributed by atoms with Crippen LogP contribution in [0.25, 0.3) is 11.3 Å². The van der Waals surface area contributed by atoms with Crippen molar-refractivity contribution in [2.75, 3.05) is 11.9 Å². The molecule has 3 heterocycles. The number of pyridine rings is 1. The quantitative estimate of drug-likeness (QED) is 0.423. The van der Waals surface area contributed by atoms with Gasteiger partial charge in [0.2, 0.25) is 11.9 Å². The highest BCUT2D eigenvalue weighted by Crippen LogP contribution is 2.23. The van der Waals surface area contributed by atoms with E-state index in [0.717, 1.165) is 5.69 Å². The van der Waals surface area contributed by atoms with E-state index in [1.54, 1.807) is 30.6 Å². The van der Waals surface area contributed by atoms with E-state index in [1.807, 2.05) is 6.92 Å². The maximum Gasteiger partial charge on any atom is 0.251 e. The van der Waals surface area contributed by atoms with Crippen molar-refractivity contribution >= 4 is 23.5 Å². The van der Waals surface area contributed by atoms with Crippen LogP contribution in [-0.4, -0.2) is 36.2 Å². The van der Waals surface area contributed by atoms with Gasteiger partial charge in [0, 0.05) is 35.9 Å². The number of hydrogen-bond donors (Lipinski definition) is 3. The SMILES string of the molecule is Cc1cnc(Nc2nccc(-c3ccn([C@H](CO)c4ccc(Cl)c(F)c4)c(=O)c3)n2)[nH]1. The van der Waals surface area contributed by atoms with Crippen LogP contribution in [0.2, 0.25) is 5.02 Å². The molecule has 4 aromatic rings. The Balaban J connectivity index is 1.63. The first-order valence-corrected chi connectivity index (χ1v) is 9.72. The molecule has 10 heteroatoms. The molecular weight excluding hydrogens is 423 g/mol. The molecule has 0 amide bonds. The minimum Gasteiger partial charge on any atom is -0.394 e. The maximum atomic E-state index is 13.8. The van der Waals surface area contributed by atoms with Crippen molar-refractivity contribution in [1.82, 2.24) is 24.5 Å². The first-order chi connectivity index (χ1) is 14.9. The minimum atomic E-state index is -0.752. The molecule has 1 atom stereocenters. The lowest BCUT2D eigenvalue weighted by Crippen LogP contribution is -2.27. The van der Waals surface area contributed by atoms with Gasteiger partial charge in [-0.25, -0.2) is 19.3 Å². The van der Waals surface area contributed by atoms with Gasteiger partial charge in [-0.05, 0) is 36.8 Å². The first kappa shape index (κ1) is 20.7. The fourth-order valence-electron chi connectivity index (χ4n) is 3.14. The minimum absolute atomic E-state index is 0.0268. The normalized spacial score (nSPS) is 12.0. The molecule has 4 rings (SSSR count). The fourth-order valence-corrected chi connectivity index (χ4v) is 3.26. The molecule has 3 aromatic heterocycles. The van der Waals surface area contributed by atoms with Gasteiger partial charge in [-0.15, -0.1) is 0 Å². The number of nitrogens with one attached hydrogen (secondary N) is 2. The summed E-state index contributed by atoms with van der Waals surface area (Å²) in [6.07, 6.45) is 4.78. The van der Waals surface area contributed by atoms with Crippen molar-refractivity contribution in [2.45, 2.75) is 13.0 Å². The molecule has 0 saturated heterocycles. The summed E-state index contributed by atoms with van der Waals surface area (Å²) in [5, 5.41) is 12.8. The van der Waals surface area contributed by atoms with E-state index in [4.69, 9.17) is 11.6 Å². The van der Waals surface area contributed by atoms with E-state index < -0.39 is 11.9 Å². The van der Waals surface area contributed by atoms with E-state index >= 15 is 0 Å². The van der Waals surface area contributed by atoms with Crippen LogP contribution < -0.4 is 10.9 Å². The van der Waals surface area contributed by atoms with Gasteiger partial charge in [-0.3, -0.25) is 10.1 Å². The fraction of sp³-hybridized carbons (Fsp3) is 0.143. The van der Waals surface area contributed by atoms with Crippen molar-refractivity contribution in [1.29, 1.82) is 0 Å². The summed E-state index contributed by atoms with van der Waals surface area (Å²) in [6.45, 7) is 1.49. The van der Waals surface area contributed by atoms with Gasteiger partial charge in [0.15, 0.2) is 0 Å². The standard InChI is InChI=1S/C21H18ClFN6O2/c1-12-10-25-21(26-12)28-20-24-6-4-17(27-20)13-5-7-29(19(31)9-13)18(11-30)14-2-3-15(22)16(23)8-14/h2-10,18,30H,11H2,1H3,(H2,24,25,26,27,28)/t18-/m1/s1. The largest absolute Gasteiger partial charge is 0.394 e. The number of benzene rings is 1. The summed E-state index contributed by atoms with van der Waals surface area (Å²) < 4.78 is 15.2. The number of hydrogen-bond acceptors (Lipinski definition) is 6. The second kappa shape index (κ2) is 8.66. The summed E-state index contributed by atoms with van der Waals surface area (Å²) in [7, 11) is 0. The van der Waals surface area contributed by atoms with Gasteiger partial charge in [-0.1, -0.05) is 17.7 Å². The molecule has 1 aromatic carbocycles. The molecule has 0 aliphatic carbocycles. The molecule has 0 fully saturated rings. The second-order valence-corrected chi connectivity index (χ2v) is 7.25. The van der Waals surface area contributed by atoms with E-state index in [2.05, 4.69) is 25.3 Å². The van der Waals surface area contributed by atoms with Gasteiger partial charge >= 0.3 is 0 Å². The number of aromatic nitrogens is 5. The van der Waals surface area contributed by atoms with Crippen molar-refractivity contribution in [2.24, 2.45) is 0 Å². The molecule has 0 aliphatic heterocycles. The Kier molecular flexibility index (Phi) is 5.79. The lowest BCUT2D eigenvalue weighted by molar-refractivity contribution is 0.247. The number of anilines is 2. The zero-order chi connectivity index (χ0) is 22.0. The Morgan fingerprint density at radius 2 is 2.10 bits per heavy atom. The van der Waals surface area contributed by atoms with Crippen molar-refractivity contribution in [3.8, 4) is 11.3 Å². The lowest BCUT2D eigenvalue weighted by Gasteiger charge is -2.18. The Hall–Kier alpha value is -3.56. The number of aliphatic hydroxyl groups is 1. The molecule has 0 saturated carbocycles. The lowest BCUT2D eigenvalue weighted by atomic mass is 10.1. The predicted molar refractivity (Wildman–Crippen MR) is 115 cm³/mol. The topological polar surface area (TPSA) is 109 Å². The van der Waals surface area contributed by atoms with E-state index in [9.17, 15) is 14.3 Å². The van der Waals surface area contributed by atoms with Crippen LogP contribution in [0.1, 0.15) is 17.3 Å².